The fourth-order valence-corrected chi connectivity index (χ4v) is 5.77. The number of fused-ring (bicyclic) bond motifs is 2. The van der Waals surface area contributed by atoms with Crippen LogP contribution in [0, 0.1) is 27.7 Å². The van der Waals surface area contributed by atoms with Crippen LogP contribution < -0.4 is 0 Å². The first-order valence-corrected chi connectivity index (χ1v) is 11.0. The highest BCUT2D eigenvalue weighted by molar-refractivity contribution is 7.23. The van der Waals surface area contributed by atoms with E-state index in [9.17, 15) is 0 Å². The maximum Gasteiger partial charge on any atom is 0.124 e. The third-order valence-electron chi connectivity index (χ3n) is 5.24. The molecule has 0 fully saturated rings. The van der Waals surface area contributed by atoms with Gasteiger partial charge in [-0.25, -0.2) is 9.97 Å². The predicted octanol–water partition coefficient (Wildman–Crippen LogP) is 7.47. The van der Waals surface area contributed by atoms with Crippen LogP contribution in [0.4, 0.5) is 0 Å². The third kappa shape index (κ3) is 2.76. The van der Waals surface area contributed by atoms with Gasteiger partial charge in [-0.15, -0.1) is 22.7 Å². The van der Waals surface area contributed by atoms with E-state index in [2.05, 4.69) is 76.2 Å². The van der Waals surface area contributed by atoms with E-state index in [-0.39, 0.29) is 0 Å². The first kappa shape index (κ1) is 17.5. The molecular weight excluding hydrogens is 380 g/mol. The van der Waals surface area contributed by atoms with Crippen LogP contribution in [0.15, 0.2) is 48.5 Å². The maximum atomic E-state index is 5.01. The Balaban J connectivity index is 1.71. The fraction of sp³-hybridized carbons (Fsp3) is 0.167. The first-order chi connectivity index (χ1) is 13.5. The van der Waals surface area contributed by atoms with E-state index < -0.39 is 0 Å². The number of nitrogens with zero attached hydrogens (tertiary/aromatic N) is 2. The highest BCUT2D eigenvalue weighted by Gasteiger charge is 2.18. The van der Waals surface area contributed by atoms with Crippen LogP contribution in [0.5, 0.6) is 0 Å². The van der Waals surface area contributed by atoms with E-state index in [1.54, 1.807) is 22.7 Å². The number of thiazole rings is 2. The first-order valence-electron chi connectivity index (χ1n) is 9.35. The van der Waals surface area contributed by atoms with Gasteiger partial charge in [0.05, 0.1) is 20.4 Å². The summed E-state index contributed by atoms with van der Waals surface area (Å²) in [6.07, 6.45) is 0. The summed E-state index contributed by atoms with van der Waals surface area (Å²) in [4.78, 5) is 10.0. The standard InChI is InChI=1S/C24H20N2S2/c1-13-5-9-17(10-6-13)23-25-19-15(3)22-20(16(4)21(19)27-23)26-24(28-22)18-11-7-14(2)8-12-18/h5-12H,1-4H3. The van der Waals surface area contributed by atoms with Crippen molar-refractivity contribution >= 4 is 43.1 Å². The minimum Gasteiger partial charge on any atom is -0.236 e. The zero-order valence-electron chi connectivity index (χ0n) is 16.3. The Morgan fingerprint density at radius 1 is 0.536 bits per heavy atom. The SMILES string of the molecule is Cc1ccc(-c2nc3c(C)c4sc(-c5ccc(C)cc5)nc4c(C)c3s2)cc1. The maximum absolute atomic E-state index is 5.01. The molecule has 0 N–H and O–H groups in total. The molecule has 138 valence electrons. The summed E-state index contributed by atoms with van der Waals surface area (Å²) in [7, 11) is 0. The summed E-state index contributed by atoms with van der Waals surface area (Å²) in [5.74, 6) is 0. The molecule has 4 heteroatoms. The molecule has 5 rings (SSSR count). The van der Waals surface area contributed by atoms with Gasteiger partial charge in [0.15, 0.2) is 0 Å². The fourth-order valence-electron chi connectivity index (χ4n) is 3.51. The van der Waals surface area contributed by atoms with Crippen LogP contribution in [0.3, 0.4) is 0 Å². The number of rotatable bonds is 2. The number of hydrogen-bond acceptors (Lipinski definition) is 4. The Bertz CT molecular complexity index is 1170. The topological polar surface area (TPSA) is 25.8 Å². The van der Waals surface area contributed by atoms with E-state index in [0.29, 0.717) is 0 Å². The molecule has 3 aromatic carbocycles. The minimum atomic E-state index is 1.08. The summed E-state index contributed by atoms with van der Waals surface area (Å²) >= 11 is 3.54. The molecule has 0 unspecified atom stereocenters. The molecule has 5 aromatic rings. The second-order valence-corrected chi connectivity index (χ2v) is 9.37. The second kappa shape index (κ2) is 6.50. The minimum absolute atomic E-state index is 1.08. The molecule has 0 amide bonds. The van der Waals surface area contributed by atoms with Crippen molar-refractivity contribution in [2.75, 3.05) is 0 Å². The summed E-state index contributed by atoms with van der Waals surface area (Å²) in [5, 5.41) is 2.16. The molecule has 2 aromatic heterocycles. The van der Waals surface area contributed by atoms with Crippen molar-refractivity contribution < 1.29 is 0 Å². The van der Waals surface area contributed by atoms with Gasteiger partial charge in [0.1, 0.15) is 10.0 Å². The zero-order valence-corrected chi connectivity index (χ0v) is 18.0. The van der Waals surface area contributed by atoms with Crippen LogP contribution >= 0.6 is 22.7 Å². The molecule has 2 heterocycles. The predicted molar refractivity (Wildman–Crippen MR) is 123 cm³/mol. The molecule has 0 saturated carbocycles. The normalized spacial score (nSPS) is 11.6. The Hall–Kier alpha value is -2.56. The Kier molecular flexibility index (Phi) is 4.07. The Morgan fingerprint density at radius 2 is 0.893 bits per heavy atom. The van der Waals surface area contributed by atoms with Gasteiger partial charge in [0, 0.05) is 11.1 Å². The van der Waals surface area contributed by atoms with Crippen molar-refractivity contribution in [1.29, 1.82) is 0 Å². The smallest absolute Gasteiger partial charge is 0.124 e. The summed E-state index contributed by atoms with van der Waals surface area (Å²) in [6, 6.07) is 17.2. The monoisotopic (exact) mass is 400 g/mol. The van der Waals surface area contributed by atoms with Crippen molar-refractivity contribution in [3.05, 3.63) is 70.8 Å². The third-order valence-corrected chi connectivity index (χ3v) is 7.69. The molecule has 0 saturated heterocycles. The van der Waals surface area contributed by atoms with Crippen molar-refractivity contribution in [2.24, 2.45) is 0 Å². The van der Waals surface area contributed by atoms with Gasteiger partial charge in [0.2, 0.25) is 0 Å². The molecule has 0 radical (unpaired) electrons. The van der Waals surface area contributed by atoms with Gasteiger partial charge in [-0.1, -0.05) is 59.7 Å². The molecule has 0 aliphatic carbocycles. The van der Waals surface area contributed by atoms with Crippen molar-refractivity contribution in [2.45, 2.75) is 27.7 Å². The molecule has 28 heavy (non-hydrogen) atoms. The highest BCUT2D eigenvalue weighted by atomic mass is 32.1. The molecule has 0 spiro atoms. The van der Waals surface area contributed by atoms with E-state index in [1.807, 2.05) is 0 Å². The molecule has 0 aliphatic heterocycles. The zero-order chi connectivity index (χ0) is 19.4. The van der Waals surface area contributed by atoms with Gasteiger partial charge >= 0.3 is 0 Å². The quantitative estimate of drug-likeness (QED) is 0.307. The number of aryl methyl sites for hydroxylation is 4. The Morgan fingerprint density at radius 3 is 1.25 bits per heavy atom. The molecule has 0 atom stereocenters. The van der Waals surface area contributed by atoms with Crippen LogP contribution in [-0.4, -0.2) is 9.97 Å². The summed E-state index contributed by atoms with van der Waals surface area (Å²) in [5.41, 5.74) is 9.61. The lowest BCUT2D eigenvalue weighted by atomic mass is 10.1. The van der Waals surface area contributed by atoms with Crippen LogP contribution in [0.2, 0.25) is 0 Å². The lowest BCUT2D eigenvalue weighted by Crippen LogP contribution is -1.84. The number of benzene rings is 3. The number of aromatic nitrogens is 2. The second-order valence-electron chi connectivity index (χ2n) is 7.38. The van der Waals surface area contributed by atoms with Crippen molar-refractivity contribution in [3.8, 4) is 21.1 Å². The number of hydrogen-bond donors (Lipinski definition) is 0. The summed E-state index contributed by atoms with van der Waals surface area (Å²) in [6.45, 7) is 8.59. The molecule has 0 aliphatic rings. The molecule has 0 bridgehead atoms. The van der Waals surface area contributed by atoms with Gasteiger partial charge in [0.25, 0.3) is 0 Å². The van der Waals surface area contributed by atoms with E-state index >= 15 is 0 Å². The van der Waals surface area contributed by atoms with Gasteiger partial charge in [-0.05, 0) is 38.8 Å². The van der Waals surface area contributed by atoms with E-state index in [1.165, 1.54) is 42.8 Å². The highest BCUT2D eigenvalue weighted by Crippen LogP contribution is 2.42. The van der Waals surface area contributed by atoms with Crippen LogP contribution in [-0.2, 0) is 0 Å². The van der Waals surface area contributed by atoms with Crippen molar-refractivity contribution in [1.82, 2.24) is 9.97 Å². The van der Waals surface area contributed by atoms with Gasteiger partial charge in [-0.3, -0.25) is 0 Å². The average Bonchev–Trinajstić information content (AvgIpc) is 3.33. The van der Waals surface area contributed by atoms with E-state index in [4.69, 9.17) is 9.97 Å². The molecule has 2 nitrogen and oxygen atoms in total. The lowest BCUT2D eigenvalue weighted by Gasteiger charge is -2.00. The Labute approximate surface area is 172 Å². The van der Waals surface area contributed by atoms with Gasteiger partial charge < -0.3 is 0 Å². The largest absolute Gasteiger partial charge is 0.236 e. The average molecular weight is 401 g/mol. The summed E-state index contributed by atoms with van der Waals surface area (Å²) < 4.78 is 2.50. The van der Waals surface area contributed by atoms with Crippen molar-refractivity contribution in [3.63, 3.8) is 0 Å². The lowest BCUT2D eigenvalue weighted by molar-refractivity contribution is 1.40. The van der Waals surface area contributed by atoms with Gasteiger partial charge in [-0.2, -0.15) is 0 Å². The van der Waals surface area contributed by atoms with E-state index in [0.717, 1.165) is 21.0 Å². The van der Waals surface area contributed by atoms with Crippen LogP contribution in [0.1, 0.15) is 22.3 Å². The molecular formula is C24H20N2S2. The van der Waals surface area contributed by atoms with Crippen LogP contribution in [0.25, 0.3) is 41.6 Å².